The molecule has 1 unspecified atom stereocenters. The molecule has 7 heteroatoms. The lowest BCUT2D eigenvalue weighted by molar-refractivity contribution is 0.0548. The number of rotatable bonds is 2. The Morgan fingerprint density at radius 3 is 3.27 bits per heavy atom. The molecule has 1 saturated heterocycles. The molecule has 0 spiro atoms. The number of nitrogens with two attached hydrogens (primary N) is 1. The van der Waals surface area contributed by atoms with E-state index in [1.807, 2.05) is 0 Å². The summed E-state index contributed by atoms with van der Waals surface area (Å²) < 4.78 is 7.03. The molecule has 1 aromatic heterocycles. The van der Waals surface area contributed by atoms with E-state index in [4.69, 9.17) is 15.7 Å². The highest BCUT2D eigenvalue weighted by atomic mass is 16.5. The fourth-order valence-corrected chi connectivity index (χ4v) is 1.55. The molecule has 2 rings (SSSR count). The summed E-state index contributed by atoms with van der Waals surface area (Å²) in [5.74, 6) is 0.161. The van der Waals surface area contributed by atoms with Crippen LogP contribution in [-0.4, -0.2) is 39.0 Å². The molecular weight excluding hydrogens is 198 g/mol. The van der Waals surface area contributed by atoms with Crippen LogP contribution in [0.1, 0.15) is 24.7 Å². The molecule has 0 aromatic carbocycles. The molecule has 15 heavy (non-hydrogen) atoms. The maximum Gasteiger partial charge on any atom is 0.219 e. The number of nitrogens with zero attached hydrogens (tertiary/aromatic N) is 4. The number of hydrogen-bond acceptors (Lipinski definition) is 5. The Hall–Kier alpha value is -1.63. The quantitative estimate of drug-likeness (QED) is 0.303. The SMILES string of the molecule is NC(=NO)c1ncn(C2CCCOC2)n1. The third-order valence-electron chi connectivity index (χ3n) is 2.36. The van der Waals surface area contributed by atoms with Crippen molar-refractivity contribution in [2.75, 3.05) is 13.2 Å². The number of hydrogen-bond donors (Lipinski definition) is 2. The molecule has 2 heterocycles. The van der Waals surface area contributed by atoms with Crippen molar-refractivity contribution in [2.45, 2.75) is 18.9 Å². The van der Waals surface area contributed by atoms with Gasteiger partial charge >= 0.3 is 0 Å². The van der Waals surface area contributed by atoms with Crippen molar-refractivity contribution in [3.05, 3.63) is 12.2 Å². The summed E-state index contributed by atoms with van der Waals surface area (Å²) in [5, 5.41) is 15.4. The first-order valence-corrected chi connectivity index (χ1v) is 4.78. The minimum Gasteiger partial charge on any atom is -0.409 e. The van der Waals surface area contributed by atoms with E-state index in [2.05, 4.69) is 15.2 Å². The van der Waals surface area contributed by atoms with Gasteiger partial charge in [0.05, 0.1) is 12.6 Å². The molecular formula is C8H13N5O2. The molecule has 1 aliphatic rings. The lowest BCUT2D eigenvalue weighted by Gasteiger charge is -2.21. The fraction of sp³-hybridized carbons (Fsp3) is 0.625. The summed E-state index contributed by atoms with van der Waals surface area (Å²) in [6.07, 6.45) is 3.61. The zero-order valence-electron chi connectivity index (χ0n) is 8.20. The van der Waals surface area contributed by atoms with E-state index in [1.54, 1.807) is 11.0 Å². The van der Waals surface area contributed by atoms with Crippen molar-refractivity contribution in [1.29, 1.82) is 0 Å². The van der Waals surface area contributed by atoms with Gasteiger partial charge in [0, 0.05) is 6.61 Å². The van der Waals surface area contributed by atoms with Crippen LogP contribution >= 0.6 is 0 Å². The van der Waals surface area contributed by atoms with Crippen LogP contribution in [0.4, 0.5) is 0 Å². The molecule has 0 amide bonds. The van der Waals surface area contributed by atoms with Gasteiger partial charge in [0.2, 0.25) is 11.7 Å². The van der Waals surface area contributed by atoms with Crippen LogP contribution in [0.25, 0.3) is 0 Å². The fourth-order valence-electron chi connectivity index (χ4n) is 1.55. The molecule has 0 bridgehead atoms. The zero-order valence-corrected chi connectivity index (χ0v) is 8.20. The monoisotopic (exact) mass is 211 g/mol. The smallest absolute Gasteiger partial charge is 0.219 e. The van der Waals surface area contributed by atoms with E-state index in [-0.39, 0.29) is 17.7 Å². The summed E-state index contributed by atoms with van der Waals surface area (Å²) in [5.41, 5.74) is 5.37. The Balaban J connectivity index is 2.12. The highest BCUT2D eigenvalue weighted by Crippen LogP contribution is 2.17. The van der Waals surface area contributed by atoms with Gasteiger partial charge in [-0.3, -0.25) is 0 Å². The van der Waals surface area contributed by atoms with E-state index in [9.17, 15) is 0 Å². The number of amidine groups is 1. The van der Waals surface area contributed by atoms with E-state index < -0.39 is 0 Å². The Kier molecular flexibility index (Phi) is 2.82. The van der Waals surface area contributed by atoms with Crippen molar-refractivity contribution in [3.63, 3.8) is 0 Å². The summed E-state index contributed by atoms with van der Waals surface area (Å²) in [6.45, 7) is 1.44. The first kappa shape index (κ1) is 9.91. The second-order valence-electron chi connectivity index (χ2n) is 3.40. The predicted molar refractivity (Wildman–Crippen MR) is 51.6 cm³/mol. The Labute approximate surface area is 86.5 Å². The molecule has 1 aromatic rings. The molecule has 7 nitrogen and oxygen atoms in total. The lowest BCUT2D eigenvalue weighted by Crippen LogP contribution is -2.22. The topological polar surface area (TPSA) is 98.6 Å². The zero-order chi connectivity index (χ0) is 10.7. The van der Waals surface area contributed by atoms with Crippen molar-refractivity contribution < 1.29 is 9.94 Å². The van der Waals surface area contributed by atoms with E-state index in [0.29, 0.717) is 6.61 Å². The van der Waals surface area contributed by atoms with Crippen LogP contribution in [0, 0.1) is 0 Å². The molecule has 0 aliphatic carbocycles. The first-order valence-electron chi connectivity index (χ1n) is 4.78. The standard InChI is InChI=1S/C8H13N5O2/c9-7(12-14)8-10-5-13(11-8)6-2-1-3-15-4-6/h5-6,14H,1-4H2,(H2,9,12). The first-order chi connectivity index (χ1) is 7.31. The van der Waals surface area contributed by atoms with Gasteiger partial charge in [0.25, 0.3) is 0 Å². The minimum atomic E-state index is -0.0783. The summed E-state index contributed by atoms with van der Waals surface area (Å²) >= 11 is 0. The molecule has 82 valence electrons. The van der Waals surface area contributed by atoms with Gasteiger partial charge in [-0.15, -0.1) is 5.10 Å². The van der Waals surface area contributed by atoms with Gasteiger partial charge in [-0.05, 0) is 12.8 Å². The molecule has 1 atom stereocenters. The molecule has 1 fully saturated rings. The molecule has 3 N–H and O–H groups in total. The van der Waals surface area contributed by atoms with Crippen LogP contribution in [-0.2, 0) is 4.74 Å². The number of aromatic nitrogens is 3. The normalized spacial score (nSPS) is 22.9. The number of ether oxygens (including phenoxy) is 1. The second-order valence-corrected chi connectivity index (χ2v) is 3.40. The molecule has 0 radical (unpaired) electrons. The molecule has 0 saturated carbocycles. The predicted octanol–water partition coefficient (Wildman–Crippen LogP) is -0.276. The van der Waals surface area contributed by atoms with Crippen LogP contribution in [0.5, 0.6) is 0 Å². The van der Waals surface area contributed by atoms with Crippen molar-refractivity contribution in [2.24, 2.45) is 10.9 Å². The minimum absolute atomic E-state index is 0.0783. The van der Waals surface area contributed by atoms with Gasteiger partial charge in [-0.1, -0.05) is 5.16 Å². The lowest BCUT2D eigenvalue weighted by atomic mass is 10.1. The maximum atomic E-state index is 8.46. The highest BCUT2D eigenvalue weighted by Gasteiger charge is 2.17. The Morgan fingerprint density at radius 2 is 2.60 bits per heavy atom. The molecule has 1 aliphatic heterocycles. The highest BCUT2D eigenvalue weighted by molar-refractivity contribution is 5.93. The van der Waals surface area contributed by atoms with Crippen molar-refractivity contribution in [1.82, 2.24) is 14.8 Å². The van der Waals surface area contributed by atoms with Crippen LogP contribution in [0.3, 0.4) is 0 Å². The summed E-state index contributed by atoms with van der Waals surface area (Å²) in [4.78, 5) is 3.94. The van der Waals surface area contributed by atoms with Gasteiger partial charge in [-0.25, -0.2) is 9.67 Å². The maximum absolute atomic E-state index is 8.46. The number of oxime groups is 1. The average molecular weight is 211 g/mol. The van der Waals surface area contributed by atoms with E-state index in [1.165, 1.54) is 0 Å². The van der Waals surface area contributed by atoms with E-state index in [0.717, 1.165) is 19.4 Å². The van der Waals surface area contributed by atoms with E-state index >= 15 is 0 Å². The van der Waals surface area contributed by atoms with Crippen LogP contribution in [0.15, 0.2) is 11.5 Å². The third-order valence-corrected chi connectivity index (χ3v) is 2.36. The van der Waals surface area contributed by atoms with Gasteiger partial charge in [0.15, 0.2) is 0 Å². The Bertz CT molecular complexity index is 356. The largest absolute Gasteiger partial charge is 0.409 e. The summed E-state index contributed by atoms with van der Waals surface area (Å²) in [6, 6.07) is 0.200. The van der Waals surface area contributed by atoms with Gasteiger partial charge < -0.3 is 15.7 Å². The summed E-state index contributed by atoms with van der Waals surface area (Å²) in [7, 11) is 0. The average Bonchev–Trinajstić information content (AvgIpc) is 2.78. The van der Waals surface area contributed by atoms with Crippen LogP contribution < -0.4 is 5.73 Å². The second kappa shape index (κ2) is 4.26. The Morgan fingerprint density at radius 1 is 1.73 bits per heavy atom. The van der Waals surface area contributed by atoms with Gasteiger partial charge in [0.1, 0.15) is 6.33 Å². The van der Waals surface area contributed by atoms with Crippen LogP contribution in [0.2, 0.25) is 0 Å². The van der Waals surface area contributed by atoms with Crippen molar-refractivity contribution >= 4 is 5.84 Å². The van der Waals surface area contributed by atoms with Gasteiger partial charge in [-0.2, -0.15) is 0 Å². The van der Waals surface area contributed by atoms with Crippen molar-refractivity contribution in [3.8, 4) is 0 Å². The third kappa shape index (κ3) is 2.07.